The Hall–Kier alpha value is -0.570. The van der Waals surface area contributed by atoms with E-state index in [2.05, 4.69) is 20.8 Å². The van der Waals surface area contributed by atoms with Crippen molar-refractivity contribution < 1.29 is 14.6 Å². The summed E-state index contributed by atoms with van der Waals surface area (Å²) in [7, 11) is 0. The first-order valence-electron chi connectivity index (χ1n) is 5.73. The van der Waals surface area contributed by atoms with Crippen molar-refractivity contribution in [2.24, 2.45) is 17.3 Å². The molecule has 1 saturated carbocycles. The Morgan fingerprint density at radius 3 is 2.53 bits per heavy atom. The molecule has 3 nitrogen and oxygen atoms in total. The summed E-state index contributed by atoms with van der Waals surface area (Å²) in [5.41, 5.74) is 0.0200. The second-order valence-corrected chi connectivity index (χ2v) is 5.12. The number of ether oxygens (including phenoxy) is 1. The summed E-state index contributed by atoms with van der Waals surface area (Å²) in [6.45, 7) is 8.55. The first-order valence-corrected chi connectivity index (χ1v) is 5.73. The molecule has 3 atom stereocenters. The Morgan fingerprint density at radius 1 is 1.53 bits per heavy atom. The molecule has 1 fully saturated rings. The average molecular weight is 214 g/mol. The second-order valence-electron chi connectivity index (χ2n) is 5.12. The predicted octanol–water partition coefficient (Wildman–Crippen LogP) is 1.98. The van der Waals surface area contributed by atoms with Gasteiger partial charge in [-0.15, -0.1) is 0 Å². The molecule has 1 N–H and O–H groups in total. The van der Waals surface area contributed by atoms with E-state index in [1.54, 1.807) is 0 Å². The smallest absolute Gasteiger partial charge is 0.306 e. The largest absolute Gasteiger partial charge is 0.466 e. The number of esters is 1. The molecule has 0 aliphatic heterocycles. The van der Waals surface area contributed by atoms with E-state index in [0.29, 0.717) is 19.4 Å². The zero-order chi connectivity index (χ0) is 11.6. The minimum atomic E-state index is -0.278. The number of carbonyl (C=O) groups excluding carboxylic acids is 1. The number of rotatable bonds is 3. The fraction of sp³-hybridized carbons (Fsp3) is 0.917. The maximum Gasteiger partial charge on any atom is 0.306 e. The van der Waals surface area contributed by atoms with Crippen molar-refractivity contribution in [2.45, 2.75) is 46.6 Å². The molecule has 1 aliphatic rings. The number of hydrogen-bond acceptors (Lipinski definition) is 3. The Balaban J connectivity index is 2.60. The van der Waals surface area contributed by atoms with Crippen molar-refractivity contribution in [1.82, 2.24) is 0 Å². The normalized spacial score (nSPS) is 34.1. The van der Waals surface area contributed by atoms with Crippen LogP contribution in [-0.2, 0) is 9.53 Å². The van der Waals surface area contributed by atoms with E-state index in [4.69, 9.17) is 4.74 Å². The van der Waals surface area contributed by atoms with E-state index < -0.39 is 0 Å². The van der Waals surface area contributed by atoms with Gasteiger partial charge in [-0.1, -0.05) is 20.8 Å². The summed E-state index contributed by atoms with van der Waals surface area (Å²) in [6, 6.07) is 0. The molecule has 0 spiro atoms. The lowest BCUT2D eigenvalue weighted by molar-refractivity contribution is -0.145. The van der Waals surface area contributed by atoms with Crippen LogP contribution >= 0.6 is 0 Å². The molecule has 0 bridgehead atoms. The summed E-state index contributed by atoms with van der Waals surface area (Å²) in [6.07, 6.45) is 0.870. The van der Waals surface area contributed by atoms with Gasteiger partial charge in [0.2, 0.25) is 0 Å². The van der Waals surface area contributed by atoms with Gasteiger partial charge in [0.15, 0.2) is 0 Å². The van der Waals surface area contributed by atoms with E-state index >= 15 is 0 Å². The van der Waals surface area contributed by atoms with Crippen molar-refractivity contribution in [1.29, 1.82) is 0 Å². The molecule has 0 saturated heterocycles. The van der Waals surface area contributed by atoms with Gasteiger partial charge < -0.3 is 9.84 Å². The molecule has 3 unspecified atom stereocenters. The number of carbonyl (C=O) groups is 1. The van der Waals surface area contributed by atoms with E-state index in [1.165, 1.54) is 0 Å². The molecule has 1 rings (SSSR count). The van der Waals surface area contributed by atoms with Gasteiger partial charge in [0.25, 0.3) is 0 Å². The lowest BCUT2D eigenvalue weighted by atomic mass is 9.75. The number of aliphatic hydroxyl groups excluding tert-OH is 1. The molecule has 15 heavy (non-hydrogen) atoms. The summed E-state index contributed by atoms with van der Waals surface area (Å²) < 4.78 is 4.95. The Morgan fingerprint density at radius 2 is 2.13 bits per heavy atom. The molecule has 3 heteroatoms. The van der Waals surface area contributed by atoms with Crippen LogP contribution in [0.3, 0.4) is 0 Å². The van der Waals surface area contributed by atoms with Crippen LogP contribution in [0.4, 0.5) is 0 Å². The van der Waals surface area contributed by atoms with Gasteiger partial charge in [-0.2, -0.15) is 0 Å². The third-order valence-electron chi connectivity index (χ3n) is 4.05. The molecule has 0 aromatic carbocycles. The molecule has 88 valence electrons. The maximum absolute atomic E-state index is 11.4. The van der Waals surface area contributed by atoms with Gasteiger partial charge in [-0.05, 0) is 30.6 Å². The van der Waals surface area contributed by atoms with Gasteiger partial charge in [0, 0.05) is 6.42 Å². The molecular formula is C12H22O3. The van der Waals surface area contributed by atoms with Gasteiger partial charge in [0.1, 0.15) is 0 Å². The van der Waals surface area contributed by atoms with E-state index in [-0.39, 0.29) is 29.3 Å². The molecule has 0 radical (unpaired) electrons. The summed E-state index contributed by atoms with van der Waals surface area (Å²) in [5, 5.41) is 9.79. The minimum Gasteiger partial charge on any atom is -0.466 e. The lowest BCUT2D eigenvalue weighted by Crippen LogP contribution is -2.27. The predicted molar refractivity (Wildman–Crippen MR) is 58.3 cm³/mol. The van der Waals surface area contributed by atoms with Gasteiger partial charge in [-0.3, -0.25) is 4.79 Å². The third kappa shape index (κ3) is 2.51. The average Bonchev–Trinajstić information content (AvgIpc) is 2.31. The van der Waals surface area contributed by atoms with Crippen LogP contribution in [0.1, 0.15) is 40.5 Å². The van der Waals surface area contributed by atoms with E-state index in [0.717, 1.165) is 0 Å². The lowest BCUT2D eigenvalue weighted by Gasteiger charge is -2.30. The Bertz CT molecular complexity index is 235. The Kier molecular flexibility index (Phi) is 3.77. The topological polar surface area (TPSA) is 46.5 Å². The van der Waals surface area contributed by atoms with Gasteiger partial charge in [-0.25, -0.2) is 0 Å². The Labute approximate surface area is 91.8 Å². The highest BCUT2D eigenvalue weighted by molar-refractivity contribution is 5.69. The van der Waals surface area contributed by atoms with Crippen LogP contribution in [-0.4, -0.2) is 23.8 Å². The maximum atomic E-state index is 11.4. The van der Waals surface area contributed by atoms with Crippen LogP contribution in [0.15, 0.2) is 0 Å². The van der Waals surface area contributed by atoms with Gasteiger partial charge >= 0.3 is 5.97 Å². The van der Waals surface area contributed by atoms with Crippen LogP contribution in [0.2, 0.25) is 0 Å². The van der Waals surface area contributed by atoms with Crippen LogP contribution in [0.25, 0.3) is 0 Å². The first kappa shape index (κ1) is 12.5. The van der Waals surface area contributed by atoms with Crippen molar-refractivity contribution in [3.8, 4) is 0 Å². The highest BCUT2D eigenvalue weighted by Crippen LogP contribution is 2.48. The molecular weight excluding hydrogens is 192 g/mol. The van der Waals surface area contributed by atoms with Crippen LogP contribution in [0.5, 0.6) is 0 Å². The third-order valence-corrected chi connectivity index (χ3v) is 4.05. The SMILES string of the molecule is CCOC(=O)CC1CC(O)C(C)C1(C)C. The molecule has 1 aliphatic carbocycles. The van der Waals surface area contributed by atoms with E-state index in [1.807, 2.05) is 6.92 Å². The van der Waals surface area contributed by atoms with Crippen LogP contribution < -0.4 is 0 Å². The minimum absolute atomic E-state index is 0.0200. The quantitative estimate of drug-likeness (QED) is 0.731. The van der Waals surface area contributed by atoms with Gasteiger partial charge in [0.05, 0.1) is 12.7 Å². The highest BCUT2D eigenvalue weighted by atomic mass is 16.5. The van der Waals surface area contributed by atoms with Crippen molar-refractivity contribution in [3.63, 3.8) is 0 Å². The zero-order valence-corrected chi connectivity index (χ0v) is 10.1. The summed E-state index contributed by atoms with van der Waals surface area (Å²) >= 11 is 0. The number of aliphatic hydroxyl groups is 1. The second kappa shape index (κ2) is 4.52. The zero-order valence-electron chi connectivity index (χ0n) is 10.1. The van der Waals surface area contributed by atoms with Crippen molar-refractivity contribution in [3.05, 3.63) is 0 Å². The molecule has 0 aromatic rings. The van der Waals surface area contributed by atoms with Crippen molar-refractivity contribution in [2.75, 3.05) is 6.61 Å². The number of hydrogen-bond donors (Lipinski definition) is 1. The van der Waals surface area contributed by atoms with Crippen molar-refractivity contribution >= 4 is 5.97 Å². The molecule has 0 heterocycles. The summed E-state index contributed by atoms with van der Waals surface area (Å²) in [5.74, 6) is 0.343. The first-order chi connectivity index (χ1) is 6.89. The fourth-order valence-electron chi connectivity index (χ4n) is 2.43. The summed E-state index contributed by atoms with van der Waals surface area (Å²) in [4.78, 5) is 11.4. The standard InChI is InChI=1S/C12H22O3/c1-5-15-11(14)7-9-6-10(13)8(2)12(9,3)4/h8-10,13H,5-7H2,1-4H3. The van der Waals surface area contributed by atoms with E-state index in [9.17, 15) is 9.90 Å². The molecule has 0 amide bonds. The monoisotopic (exact) mass is 214 g/mol. The van der Waals surface area contributed by atoms with Crippen LogP contribution in [0, 0.1) is 17.3 Å². The molecule has 0 aromatic heterocycles. The fourth-order valence-corrected chi connectivity index (χ4v) is 2.43. The highest BCUT2D eigenvalue weighted by Gasteiger charge is 2.46.